The SMILES string of the molecule is CCc1nc2c(c(=O)n(CCc3ccccc3)c(=O)n2CCOC)n1Cc1ccc(-c2ccccc2-c2nn[nH]n2)cc1. The molecule has 0 aliphatic rings. The van der Waals surface area contributed by atoms with Crippen LogP contribution in [0.15, 0.2) is 88.5 Å². The highest BCUT2D eigenvalue weighted by atomic mass is 16.5. The summed E-state index contributed by atoms with van der Waals surface area (Å²) in [6.07, 6.45) is 1.17. The van der Waals surface area contributed by atoms with Crippen LogP contribution < -0.4 is 11.2 Å². The first-order valence-electron chi connectivity index (χ1n) is 14.3. The zero-order valence-corrected chi connectivity index (χ0v) is 24.1. The van der Waals surface area contributed by atoms with Crippen LogP contribution in [0.2, 0.25) is 0 Å². The quantitative estimate of drug-likeness (QED) is 0.249. The van der Waals surface area contributed by atoms with Crippen LogP contribution in [0.5, 0.6) is 0 Å². The summed E-state index contributed by atoms with van der Waals surface area (Å²) in [5, 5.41) is 14.5. The first-order chi connectivity index (χ1) is 21.1. The molecule has 0 saturated carbocycles. The summed E-state index contributed by atoms with van der Waals surface area (Å²) in [6, 6.07) is 25.9. The number of aryl methyl sites for hydroxylation is 2. The molecule has 1 N–H and O–H groups in total. The fourth-order valence-electron chi connectivity index (χ4n) is 5.42. The number of H-pyrrole nitrogens is 1. The molecule has 0 spiro atoms. The molecule has 3 aromatic carbocycles. The van der Waals surface area contributed by atoms with Gasteiger partial charge in [0.1, 0.15) is 5.82 Å². The molecular weight excluding hydrogens is 544 g/mol. The molecule has 218 valence electrons. The third-order valence-corrected chi connectivity index (χ3v) is 7.61. The van der Waals surface area contributed by atoms with Crippen LogP contribution in [0.25, 0.3) is 33.7 Å². The van der Waals surface area contributed by atoms with E-state index < -0.39 is 0 Å². The van der Waals surface area contributed by atoms with E-state index in [1.807, 2.05) is 90.4 Å². The van der Waals surface area contributed by atoms with Gasteiger partial charge in [0.05, 0.1) is 13.2 Å². The highest BCUT2D eigenvalue weighted by Gasteiger charge is 2.21. The second-order valence-electron chi connectivity index (χ2n) is 10.2. The van der Waals surface area contributed by atoms with E-state index in [2.05, 4.69) is 20.6 Å². The highest BCUT2D eigenvalue weighted by Crippen LogP contribution is 2.30. The van der Waals surface area contributed by atoms with E-state index in [9.17, 15) is 9.59 Å². The number of hydrogen-bond acceptors (Lipinski definition) is 7. The lowest BCUT2D eigenvalue weighted by Crippen LogP contribution is -2.41. The molecular formula is C32H32N8O3. The van der Waals surface area contributed by atoms with E-state index >= 15 is 0 Å². The molecule has 0 aliphatic carbocycles. The Morgan fingerprint density at radius 2 is 1.56 bits per heavy atom. The van der Waals surface area contributed by atoms with Gasteiger partial charge in [0.15, 0.2) is 11.2 Å². The molecule has 0 unspecified atom stereocenters. The van der Waals surface area contributed by atoms with Gasteiger partial charge in [-0.05, 0) is 33.9 Å². The molecule has 0 aliphatic heterocycles. The zero-order valence-electron chi connectivity index (χ0n) is 24.1. The summed E-state index contributed by atoms with van der Waals surface area (Å²) in [7, 11) is 1.59. The van der Waals surface area contributed by atoms with Crippen molar-refractivity contribution >= 4 is 11.2 Å². The summed E-state index contributed by atoms with van der Waals surface area (Å²) in [6.45, 7) is 3.33. The second kappa shape index (κ2) is 12.4. The van der Waals surface area contributed by atoms with Gasteiger partial charge in [-0.15, -0.1) is 10.2 Å². The monoisotopic (exact) mass is 576 g/mol. The van der Waals surface area contributed by atoms with Crippen molar-refractivity contribution in [3.05, 3.63) is 117 Å². The predicted octanol–water partition coefficient (Wildman–Crippen LogP) is 3.71. The first-order valence-corrected chi connectivity index (χ1v) is 14.3. The predicted molar refractivity (Wildman–Crippen MR) is 164 cm³/mol. The van der Waals surface area contributed by atoms with Crippen LogP contribution in [-0.4, -0.2) is 53.0 Å². The van der Waals surface area contributed by atoms with E-state index in [4.69, 9.17) is 9.72 Å². The Balaban J connectivity index is 1.39. The maximum absolute atomic E-state index is 14.0. The van der Waals surface area contributed by atoms with Crippen molar-refractivity contribution in [1.82, 2.24) is 39.3 Å². The van der Waals surface area contributed by atoms with Gasteiger partial charge >= 0.3 is 5.69 Å². The number of ether oxygens (including phenoxy) is 1. The number of tetrazole rings is 1. The van der Waals surface area contributed by atoms with Gasteiger partial charge in [0, 0.05) is 32.2 Å². The fraction of sp³-hybridized carbons (Fsp3) is 0.250. The standard InChI is InChI=1S/C32H32N8O3/c1-3-27-33-30-28(31(41)39(32(42)38(30)19-20-43-2)18-17-22-9-5-4-6-10-22)40(27)21-23-13-15-24(16-14-23)25-11-7-8-12-26(25)29-34-36-37-35-29/h4-16H,3,17-21H2,1-2H3,(H,34,35,36,37). The molecule has 0 atom stereocenters. The summed E-state index contributed by atoms with van der Waals surface area (Å²) < 4.78 is 10.1. The van der Waals surface area contributed by atoms with Crippen LogP contribution in [0.3, 0.4) is 0 Å². The van der Waals surface area contributed by atoms with Gasteiger partial charge in [0.25, 0.3) is 5.56 Å². The number of imidazole rings is 1. The molecule has 11 heteroatoms. The van der Waals surface area contributed by atoms with Gasteiger partial charge < -0.3 is 9.30 Å². The fourth-order valence-corrected chi connectivity index (χ4v) is 5.42. The number of aromatic amines is 1. The summed E-state index contributed by atoms with van der Waals surface area (Å²) >= 11 is 0. The summed E-state index contributed by atoms with van der Waals surface area (Å²) in [5.41, 5.74) is 5.04. The van der Waals surface area contributed by atoms with Crippen molar-refractivity contribution in [2.45, 2.75) is 39.4 Å². The third kappa shape index (κ3) is 5.54. The highest BCUT2D eigenvalue weighted by molar-refractivity contribution is 5.80. The topological polar surface area (TPSA) is 126 Å². The van der Waals surface area contributed by atoms with Gasteiger partial charge in [-0.1, -0.05) is 85.8 Å². The van der Waals surface area contributed by atoms with Crippen LogP contribution in [0.4, 0.5) is 0 Å². The third-order valence-electron chi connectivity index (χ3n) is 7.61. The number of fused-ring (bicyclic) bond motifs is 1. The first kappa shape index (κ1) is 28.0. The molecule has 0 radical (unpaired) electrons. The summed E-state index contributed by atoms with van der Waals surface area (Å²) in [4.78, 5) is 32.4. The Bertz CT molecular complexity index is 1960. The van der Waals surface area contributed by atoms with Crippen molar-refractivity contribution in [2.24, 2.45) is 0 Å². The van der Waals surface area contributed by atoms with Crippen LogP contribution in [-0.2, 0) is 37.2 Å². The van der Waals surface area contributed by atoms with Crippen LogP contribution in [0.1, 0.15) is 23.9 Å². The minimum absolute atomic E-state index is 0.270. The normalized spacial score (nSPS) is 11.4. The molecule has 3 aromatic heterocycles. The minimum Gasteiger partial charge on any atom is -0.383 e. The molecule has 0 amide bonds. The molecule has 0 bridgehead atoms. The van der Waals surface area contributed by atoms with Crippen molar-refractivity contribution in [1.29, 1.82) is 0 Å². The largest absolute Gasteiger partial charge is 0.383 e. The number of nitrogens with zero attached hydrogens (tertiary/aromatic N) is 7. The van der Waals surface area contributed by atoms with Crippen LogP contribution in [0, 0.1) is 0 Å². The van der Waals surface area contributed by atoms with E-state index in [-0.39, 0.29) is 17.8 Å². The smallest absolute Gasteiger partial charge is 0.332 e. The second-order valence-corrected chi connectivity index (χ2v) is 10.2. The average Bonchev–Trinajstić information content (AvgIpc) is 3.71. The molecule has 11 nitrogen and oxygen atoms in total. The van der Waals surface area contributed by atoms with Crippen molar-refractivity contribution < 1.29 is 4.74 Å². The number of methoxy groups -OCH3 is 1. The van der Waals surface area contributed by atoms with E-state index in [0.717, 1.165) is 33.6 Å². The Morgan fingerprint density at radius 3 is 2.26 bits per heavy atom. The van der Waals surface area contributed by atoms with Gasteiger partial charge in [0.2, 0.25) is 5.82 Å². The van der Waals surface area contributed by atoms with Gasteiger partial charge in [-0.25, -0.2) is 9.78 Å². The number of hydrogen-bond donors (Lipinski definition) is 1. The molecule has 0 saturated heterocycles. The Kier molecular flexibility index (Phi) is 8.05. The van der Waals surface area contributed by atoms with E-state index in [0.29, 0.717) is 49.5 Å². The van der Waals surface area contributed by atoms with Gasteiger partial charge in [-0.3, -0.25) is 13.9 Å². The molecule has 3 heterocycles. The molecule has 6 aromatic rings. The Morgan fingerprint density at radius 1 is 0.814 bits per heavy atom. The molecule has 43 heavy (non-hydrogen) atoms. The van der Waals surface area contributed by atoms with E-state index in [1.54, 1.807) is 11.7 Å². The lowest BCUT2D eigenvalue weighted by Gasteiger charge is -2.13. The number of nitrogens with one attached hydrogen (secondary N) is 1. The van der Waals surface area contributed by atoms with Crippen molar-refractivity contribution in [2.75, 3.05) is 13.7 Å². The average molecular weight is 577 g/mol. The Hall–Kier alpha value is -5.16. The molecule has 6 rings (SSSR count). The zero-order chi connectivity index (χ0) is 29.8. The van der Waals surface area contributed by atoms with Crippen molar-refractivity contribution in [3.8, 4) is 22.5 Å². The summed E-state index contributed by atoms with van der Waals surface area (Å²) in [5.74, 6) is 1.27. The number of benzene rings is 3. The minimum atomic E-state index is -0.373. The van der Waals surface area contributed by atoms with Crippen molar-refractivity contribution in [3.63, 3.8) is 0 Å². The van der Waals surface area contributed by atoms with Gasteiger partial charge in [-0.2, -0.15) is 5.21 Å². The maximum atomic E-state index is 14.0. The Labute approximate surface area is 247 Å². The number of rotatable bonds is 11. The number of aromatic nitrogens is 8. The lowest BCUT2D eigenvalue weighted by molar-refractivity contribution is 0.186. The lowest BCUT2D eigenvalue weighted by atomic mass is 9.98. The van der Waals surface area contributed by atoms with Crippen LogP contribution >= 0.6 is 0 Å². The molecule has 0 fully saturated rings. The van der Waals surface area contributed by atoms with E-state index in [1.165, 1.54) is 4.57 Å². The maximum Gasteiger partial charge on any atom is 0.332 e.